The highest BCUT2D eigenvalue weighted by molar-refractivity contribution is 6.30. The lowest BCUT2D eigenvalue weighted by atomic mass is 10.1. The number of rotatable bonds is 7. The van der Waals surface area contributed by atoms with Gasteiger partial charge < -0.3 is 10.0 Å². The molecule has 1 unspecified atom stereocenters. The van der Waals surface area contributed by atoms with Crippen molar-refractivity contribution in [2.45, 2.75) is 25.4 Å². The van der Waals surface area contributed by atoms with Gasteiger partial charge in [-0.2, -0.15) is 10.5 Å². The molecule has 0 radical (unpaired) electrons. The first-order valence-electron chi connectivity index (χ1n) is 6.53. The van der Waals surface area contributed by atoms with Crippen LogP contribution in [0.25, 0.3) is 0 Å². The average Bonchev–Trinajstić information content (AvgIpc) is 2.47. The summed E-state index contributed by atoms with van der Waals surface area (Å²) in [7, 11) is 0. The van der Waals surface area contributed by atoms with Crippen LogP contribution in [-0.2, 0) is 4.79 Å². The van der Waals surface area contributed by atoms with E-state index in [9.17, 15) is 9.90 Å². The van der Waals surface area contributed by atoms with Crippen molar-refractivity contribution in [2.75, 3.05) is 13.1 Å². The Balaban J connectivity index is 2.64. The molecule has 1 aromatic rings. The molecule has 0 heterocycles. The number of hydrogen-bond acceptors (Lipinski definition) is 4. The standard InChI is InChI=1S/C15H16ClN3O2/c16-13-5-3-12(4-6-13)14(20)11-15(21)19(9-1-7-17)10-2-8-18/h3-6,14,20H,1-2,9-11H2. The van der Waals surface area contributed by atoms with Crippen LogP contribution in [0.2, 0.25) is 5.02 Å². The second-order valence-electron chi connectivity index (χ2n) is 4.47. The van der Waals surface area contributed by atoms with E-state index in [0.29, 0.717) is 10.6 Å². The van der Waals surface area contributed by atoms with Gasteiger partial charge in [0.15, 0.2) is 0 Å². The topological polar surface area (TPSA) is 88.1 Å². The van der Waals surface area contributed by atoms with Gasteiger partial charge in [-0.15, -0.1) is 0 Å². The molecular formula is C15H16ClN3O2. The third kappa shape index (κ3) is 5.83. The van der Waals surface area contributed by atoms with E-state index in [0.717, 1.165) is 0 Å². The van der Waals surface area contributed by atoms with Crippen LogP contribution in [0.5, 0.6) is 0 Å². The molecule has 0 bridgehead atoms. The molecule has 0 aliphatic rings. The van der Waals surface area contributed by atoms with Crippen LogP contribution in [0.4, 0.5) is 0 Å². The summed E-state index contributed by atoms with van der Waals surface area (Å²) < 4.78 is 0. The molecule has 0 aromatic heterocycles. The van der Waals surface area contributed by atoms with Crippen LogP contribution >= 0.6 is 11.6 Å². The lowest BCUT2D eigenvalue weighted by Crippen LogP contribution is -2.33. The summed E-state index contributed by atoms with van der Waals surface area (Å²) in [6.45, 7) is 0.536. The summed E-state index contributed by atoms with van der Waals surface area (Å²) in [6.07, 6.45) is -0.609. The predicted molar refractivity (Wildman–Crippen MR) is 78.1 cm³/mol. The molecule has 1 rings (SSSR count). The number of amides is 1. The fourth-order valence-electron chi connectivity index (χ4n) is 1.83. The third-order valence-electron chi connectivity index (χ3n) is 2.96. The van der Waals surface area contributed by atoms with E-state index in [2.05, 4.69) is 0 Å². The lowest BCUT2D eigenvalue weighted by molar-refractivity contribution is -0.133. The maximum atomic E-state index is 12.1. The fourth-order valence-corrected chi connectivity index (χ4v) is 1.95. The highest BCUT2D eigenvalue weighted by Gasteiger charge is 2.18. The Bertz CT molecular complexity index is 528. The molecule has 1 N–H and O–H groups in total. The second-order valence-corrected chi connectivity index (χ2v) is 4.90. The van der Waals surface area contributed by atoms with E-state index in [1.165, 1.54) is 4.90 Å². The maximum absolute atomic E-state index is 12.1. The Kier molecular flexibility index (Phi) is 7.25. The van der Waals surface area contributed by atoms with Gasteiger partial charge in [-0.3, -0.25) is 4.79 Å². The van der Waals surface area contributed by atoms with Crippen LogP contribution in [0.1, 0.15) is 30.9 Å². The second kappa shape index (κ2) is 8.97. The predicted octanol–water partition coefficient (Wildman–Crippen LogP) is 2.42. The smallest absolute Gasteiger partial charge is 0.225 e. The molecular weight excluding hydrogens is 290 g/mol. The molecule has 0 spiro atoms. The molecule has 0 saturated carbocycles. The van der Waals surface area contributed by atoms with E-state index in [1.807, 2.05) is 12.1 Å². The summed E-state index contributed by atoms with van der Waals surface area (Å²) in [5.74, 6) is -0.275. The highest BCUT2D eigenvalue weighted by Crippen LogP contribution is 2.20. The Labute approximate surface area is 129 Å². The zero-order chi connectivity index (χ0) is 15.7. The molecule has 1 amide bonds. The van der Waals surface area contributed by atoms with E-state index < -0.39 is 6.10 Å². The number of carbonyl (C=O) groups is 1. The van der Waals surface area contributed by atoms with Crippen molar-refractivity contribution in [3.63, 3.8) is 0 Å². The largest absolute Gasteiger partial charge is 0.388 e. The summed E-state index contributed by atoms with van der Waals surface area (Å²) in [5.41, 5.74) is 0.605. The molecule has 1 aromatic carbocycles. The van der Waals surface area contributed by atoms with Gasteiger partial charge in [-0.05, 0) is 17.7 Å². The minimum atomic E-state index is -0.929. The molecule has 1 atom stereocenters. The van der Waals surface area contributed by atoms with Crippen molar-refractivity contribution in [2.24, 2.45) is 0 Å². The SMILES string of the molecule is N#CCCN(CCC#N)C(=O)CC(O)c1ccc(Cl)cc1. The number of aliphatic hydroxyl groups is 1. The van der Waals surface area contributed by atoms with Crippen LogP contribution in [0, 0.1) is 22.7 Å². The van der Waals surface area contributed by atoms with E-state index in [4.69, 9.17) is 22.1 Å². The van der Waals surface area contributed by atoms with Gasteiger partial charge in [0.25, 0.3) is 0 Å². The van der Waals surface area contributed by atoms with Crippen LogP contribution in [0.3, 0.4) is 0 Å². The zero-order valence-corrected chi connectivity index (χ0v) is 12.3. The number of aliphatic hydroxyl groups excluding tert-OH is 1. The third-order valence-corrected chi connectivity index (χ3v) is 3.21. The molecule has 0 saturated heterocycles. The monoisotopic (exact) mass is 305 g/mol. The molecule has 5 nitrogen and oxygen atoms in total. The van der Waals surface area contributed by atoms with Crippen molar-refractivity contribution in [1.29, 1.82) is 10.5 Å². The van der Waals surface area contributed by atoms with Gasteiger partial charge >= 0.3 is 0 Å². The first kappa shape index (κ1) is 17.0. The Morgan fingerprint density at radius 3 is 2.19 bits per heavy atom. The zero-order valence-electron chi connectivity index (χ0n) is 11.5. The number of halogens is 1. The van der Waals surface area contributed by atoms with Crippen molar-refractivity contribution in [1.82, 2.24) is 4.90 Å². The van der Waals surface area contributed by atoms with E-state index >= 15 is 0 Å². The molecule has 0 aliphatic carbocycles. The van der Waals surface area contributed by atoms with Gasteiger partial charge in [0.1, 0.15) is 0 Å². The number of carbonyl (C=O) groups excluding carboxylic acids is 1. The summed E-state index contributed by atoms with van der Waals surface area (Å²) in [4.78, 5) is 13.6. The highest BCUT2D eigenvalue weighted by atomic mass is 35.5. The first-order valence-corrected chi connectivity index (χ1v) is 6.91. The minimum Gasteiger partial charge on any atom is -0.388 e. The number of hydrogen-bond donors (Lipinski definition) is 1. The molecule has 6 heteroatoms. The van der Waals surface area contributed by atoms with Gasteiger partial charge in [0.2, 0.25) is 5.91 Å². The van der Waals surface area contributed by atoms with Crippen LogP contribution < -0.4 is 0 Å². The summed E-state index contributed by atoms with van der Waals surface area (Å²) >= 11 is 5.77. The minimum absolute atomic E-state index is 0.0848. The van der Waals surface area contributed by atoms with E-state index in [1.54, 1.807) is 24.3 Å². The van der Waals surface area contributed by atoms with Gasteiger partial charge in [-0.1, -0.05) is 23.7 Å². The summed E-state index contributed by atoms with van der Waals surface area (Å²) in [6, 6.07) is 10.6. The van der Waals surface area contributed by atoms with Gasteiger partial charge in [0, 0.05) is 18.1 Å². The molecule has 0 fully saturated rings. The van der Waals surface area contributed by atoms with Crippen molar-refractivity contribution in [3.8, 4) is 12.1 Å². The van der Waals surface area contributed by atoms with E-state index in [-0.39, 0.29) is 38.3 Å². The Hall–Kier alpha value is -2.08. The molecule has 21 heavy (non-hydrogen) atoms. The average molecular weight is 306 g/mol. The first-order chi connectivity index (χ1) is 10.1. The number of benzene rings is 1. The number of nitriles is 2. The van der Waals surface area contributed by atoms with Crippen molar-refractivity contribution in [3.05, 3.63) is 34.9 Å². The van der Waals surface area contributed by atoms with Gasteiger partial charge in [0.05, 0.1) is 37.5 Å². The molecule has 110 valence electrons. The lowest BCUT2D eigenvalue weighted by Gasteiger charge is -2.22. The van der Waals surface area contributed by atoms with Crippen molar-refractivity contribution < 1.29 is 9.90 Å². The van der Waals surface area contributed by atoms with Crippen LogP contribution in [-0.4, -0.2) is 29.0 Å². The molecule has 0 aliphatic heterocycles. The fraction of sp³-hybridized carbons (Fsp3) is 0.400. The quantitative estimate of drug-likeness (QED) is 0.838. The van der Waals surface area contributed by atoms with Crippen LogP contribution in [0.15, 0.2) is 24.3 Å². The Morgan fingerprint density at radius 2 is 1.71 bits per heavy atom. The van der Waals surface area contributed by atoms with Gasteiger partial charge in [-0.25, -0.2) is 0 Å². The normalized spacial score (nSPS) is 11.2. The Morgan fingerprint density at radius 1 is 1.19 bits per heavy atom. The van der Waals surface area contributed by atoms with Crippen molar-refractivity contribution >= 4 is 17.5 Å². The number of nitrogens with zero attached hydrogens (tertiary/aromatic N) is 3. The summed E-state index contributed by atoms with van der Waals surface area (Å²) in [5, 5.41) is 27.8. The maximum Gasteiger partial charge on any atom is 0.225 e.